The van der Waals surface area contributed by atoms with E-state index in [1.54, 1.807) is 12.1 Å². The van der Waals surface area contributed by atoms with Crippen LogP contribution in [0.25, 0.3) is 0 Å². The van der Waals surface area contributed by atoms with Crippen molar-refractivity contribution in [2.75, 3.05) is 29.8 Å². The highest BCUT2D eigenvalue weighted by atomic mass is 32.2. The van der Waals surface area contributed by atoms with Gasteiger partial charge in [0.1, 0.15) is 11.6 Å². The number of rotatable bonds is 7. The molecule has 1 atom stereocenters. The number of piperidine rings is 1. The number of pyridine rings is 2. The average Bonchev–Trinajstić information content (AvgIpc) is 2.83. The van der Waals surface area contributed by atoms with Gasteiger partial charge in [0.25, 0.3) is 0 Å². The van der Waals surface area contributed by atoms with E-state index in [1.165, 1.54) is 23.6 Å². The van der Waals surface area contributed by atoms with E-state index >= 15 is 0 Å². The summed E-state index contributed by atoms with van der Waals surface area (Å²) < 4.78 is 16.3. The monoisotopic (exact) mass is 451 g/mol. The number of hydrogen-bond donors (Lipinski definition) is 1. The molecule has 32 heavy (non-hydrogen) atoms. The lowest BCUT2D eigenvalue weighted by atomic mass is 9.99. The number of benzene rings is 1. The average molecular weight is 452 g/mol. The van der Waals surface area contributed by atoms with Gasteiger partial charge >= 0.3 is 0 Å². The molecule has 1 saturated heterocycles. The van der Waals surface area contributed by atoms with Crippen LogP contribution in [0.4, 0.5) is 16.0 Å². The third kappa shape index (κ3) is 5.40. The van der Waals surface area contributed by atoms with Crippen LogP contribution in [0.15, 0.2) is 65.7 Å². The highest BCUT2D eigenvalue weighted by Crippen LogP contribution is 2.30. The van der Waals surface area contributed by atoms with E-state index in [0.29, 0.717) is 17.9 Å². The number of halogens is 1. The second-order valence-corrected chi connectivity index (χ2v) is 9.21. The Morgan fingerprint density at radius 2 is 1.88 bits per heavy atom. The summed E-state index contributed by atoms with van der Waals surface area (Å²) in [6, 6.07) is 18.5. The first-order valence-corrected chi connectivity index (χ1v) is 11.9. The fourth-order valence-electron chi connectivity index (χ4n) is 4.32. The highest BCUT2D eigenvalue weighted by Gasteiger charge is 2.27. The molecule has 1 N–H and O–H groups in total. The van der Waals surface area contributed by atoms with Crippen LogP contribution in [0.2, 0.25) is 0 Å². The summed E-state index contributed by atoms with van der Waals surface area (Å²) in [4.78, 5) is 14.4. The summed E-state index contributed by atoms with van der Waals surface area (Å²) >= 11 is 1.39. The van der Waals surface area contributed by atoms with Crippen molar-refractivity contribution < 1.29 is 4.39 Å². The summed E-state index contributed by atoms with van der Waals surface area (Å²) in [5.74, 6) is 1.02. The molecular weight excluding hydrogens is 421 g/mol. The molecule has 1 unspecified atom stereocenters. The van der Waals surface area contributed by atoms with Crippen LogP contribution in [0, 0.1) is 12.9 Å². The second-order valence-electron chi connectivity index (χ2n) is 8.33. The van der Waals surface area contributed by atoms with E-state index in [-0.39, 0.29) is 0 Å². The number of nitrogens with one attached hydrogen (secondary N) is 1. The predicted molar refractivity (Wildman–Crippen MR) is 131 cm³/mol. The molecule has 0 saturated carbocycles. The van der Waals surface area contributed by atoms with Crippen molar-refractivity contribution in [2.24, 2.45) is 0 Å². The van der Waals surface area contributed by atoms with E-state index < -0.39 is 5.95 Å². The second kappa shape index (κ2) is 10.3. The maximum absolute atomic E-state index is 13.2. The summed E-state index contributed by atoms with van der Waals surface area (Å²) in [5.41, 5.74) is 2.51. The summed E-state index contributed by atoms with van der Waals surface area (Å²) in [5, 5.41) is 0. The van der Waals surface area contributed by atoms with Gasteiger partial charge in [-0.05, 0) is 68.0 Å². The SMILES string of the molecule is Cc1cc(SNc2cccc(F)n2)cnc1N(C)C1CCN(C(C)c2ccccc2)CC1. The molecule has 0 spiro atoms. The number of aromatic nitrogens is 2. The number of nitrogens with zero attached hydrogens (tertiary/aromatic N) is 4. The van der Waals surface area contributed by atoms with Gasteiger partial charge in [-0.3, -0.25) is 4.90 Å². The van der Waals surface area contributed by atoms with Gasteiger partial charge in [-0.15, -0.1) is 0 Å². The minimum atomic E-state index is -0.494. The zero-order valence-electron chi connectivity index (χ0n) is 18.8. The molecule has 1 aromatic carbocycles. The molecule has 0 radical (unpaired) electrons. The van der Waals surface area contributed by atoms with E-state index in [4.69, 9.17) is 4.98 Å². The van der Waals surface area contributed by atoms with Gasteiger partial charge in [-0.1, -0.05) is 36.4 Å². The van der Waals surface area contributed by atoms with Crippen LogP contribution < -0.4 is 9.62 Å². The molecule has 3 aromatic rings. The van der Waals surface area contributed by atoms with Crippen molar-refractivity contribution in [1.29, 1.82) is 0 Å². The van der Waals surface area contributed by atoms with Crippen molar-refractivity contribution in [2.45, 2.75) is 43.7 Å². The first kappa shape index (κ1) is 22.6. The summed E-state index contributed by atoms with van der Waals surface area (Å²) in [6.07, 6.45) is 4.11. The first-order valence-electron chi connectivity index (χ1n) is 11.0. The van der Waals surface area contributed by atoms with Crippen molar-refractivity contribution >= 4 is 23.6 Å². The van der Waals surface area contributed by atoms with Crippen LogP contribution in [0.5, 0.6) is 0 Å². The van der Waals surface area contributed by atoms with Crippen molar-refractivity contribution in [1.82, 2.24) is 14.9 Å². The Kier molecular flexibility index (Phi) is 7.27. The van der Waals surface area contributed by atoms with Gasteiger partial charge < -0.3 is 9.62 Å². The molecule has 4 rings (SSSR count). The van der Waals surface area contributed by atoms with Crippen molar-refractivity contribution in [3.8, 4) is 0 Å². The number of hydrogen-bond acceptors (Lipinski definition) is 6. The van der Waals surface area contributed by atoms with Crippen molar-refractivity contribution in [3.63, 3.8) is 0 Å². The highest BCUT2D eigenvalue weighted by molar-refractivity contribution is 8.00. The minimum absolute atomic E-state index is 0.443. The molecule has 1 aliphatic rings. The molecular formula is C25H30FN5S. The minimum Gasteiger partial charge on any atom is -0.356 e. The molecule has 0 bridgehead atoms. The van der Waals surface area contributed by atoms with Crippen LogP contribution in [-0.4, -0.2) is 41.0 Å². The molecule has 2 aromatic heterocycles. The number of anilines is 2. The largest absolute Gasteiger partial charge is 0.356 e. The Bertz CT molecular complexity index is 1020. The van der Waals surface area contributed by atoms with Gasteiger partial charge in [0.2, 0.25) is 5.95 Å². The third-order valence-electron chi connectivity index (χ3n) is 6.22. The smallest absolute Gasteiger partial charge is 0.214 e. The molecule has 0 amide bonds. The Morgan fingerprint density at radius 1 is 1.12 bits per heavy atom. The van der Waals surface area contributed by atoms with Crippen LogP contribution in [0.3, 0.4) is 0 Å². The van der Waals surface area contributed by atoms with E-state index in [9.17, 15) is 4.39 Å². The summed E-state index contributed by atoms with van der Waals surface area (Å²) in [7, 11) is 2.15. The van der Waals surface area contributed by atoms with Gasteiger partial charge in [0.15, 0.2) is 0 Å². The molecule has 1 aliphatic heterocycles. The first-order chi connectivity index (χ1) is 15.5. The molecule has 168 valence electrons. The topological polar surface area (TPSA) is 44.3 Å². The van der Waals surface area contributed by atoms with Crippen molar-refractivity contribution in [3.05, 3.63) is 77.9 Å². The number of likely N-dealkylation sites (tertiary alicyclic amines) is 1. The molecule has 5 nitrogen and oxygen atoms in total. The Morgan fingerprint density at radius 3 is 2.56 bits per heavy atom. The third-order valence-corrected chi connectivity index (χ3v) is 6.99. The van der Waals surface area contributed by atoms with E-state index in [2.05, 4.69) is 76.8 Å². The van der Waals surface area contributed by atoms with E-state index in [0.717, 1.165) is 42.2 Å². The maximum atomic E-state index is 13.2. The standard InChI is InChI=1S/C25H30FN5S/c1-18-16-22(32-29-24-11-7-10-23(26)28-24)17-27-25(18)30(3)21-12-14-31(15-13-21)19(2)20-8-5-4-6-9-20/h4-11,16-17,19,21H,12-15H2,1-3H3,(H,28,29). The van der Waals surface area contributed by atoms with Gasteiger partial charge in [-0.25, -0.2) is 9.97 Å². The van der Waals surface area contributed by atoms with Crippen LogP contribution in [0.1, 0.15) is 36.9 Å². The molecule has 7 heteroatoms. The number of aryl methyl sites for hydroxylation is 1. The fourth-order valence-corrected chi connectivity index (χ4v) is 5.00. The zero-order chi connectivity index (χ0) is 22.5. The lowest BCUT2D eigenvalue weighted by Crippen LogP contribution is -2.44. The lowest BCUT2D eigenvalue weighted by molar-refractivity contribution is 0.161. The summed E-state index contributed by atoms with van der Waals surface area (Å²) in [6.45, 7) is 6.57. The zero-order valence-corrected chi connectivity index (χ0v) is 19.6. The Balaban J connectivity index is 1.34. The fraction of sp³-hybridized carbons (Fsp3) is 0.360. The Hall–Kier alpha value is -2.64. The molecule has 3 heterocycles. The molecule has 0 aliphatic carbocycles. The maximum Gasteiger partial charge on any atom is 0.214 e. The predicted octanol–water partition coefficient (Wildman–Crippen LogP) is 5.71. The molecule has 1 fully saturated rings. The van der Waals surface area contributed by atoms with Gasteiger partial charge in [-0.2, -0.15) is 4.39 Å². The van der Waals surface area contributed by atoms with E-state index in [1.807, 2.05) is 6.20 Å². The quantitative estimate of drug-likeness (QED) is 0.367. The Labute approximate surface area is 194 Å². The lowest BCUT2D eigenvalue weighted by Gasteiger charge is -2.40. The van der Waals surface area contributed by atoms with Crippen LogP contribution >= 0.6 is 11.9 Å². The van der Waals surface area contributed by atoms with Gasteiger partial charge in [0, 0.05) is 43.3 Å². The van der Waals surface area contributed by atoms with Crippen LogP contribution in [-0.2, 0) is 0 Å². The normalized spacial score (nSPS) is 16.0. The van der Waals surface area contributed by atoms with Gasteiger partial charge in [0.05, 0.1) is 0 Å².